The number of nitrogens with one attached hydrogen (secondary N) is 1. The van der Waals surface area contributed by atoms with Gasteiger partial charge in [0.2, 0.25) is 0 Å². The van der Waals surface area contributed by atoms with E-state index in [1.54, 1.807) is 36.5 Å². The number of aliphatic carboxylic acids is 1. The summed E-state index contributed by atoms with van der Waals surface area (Å²) in [6.45, 7) is -0.0873. The van der Waals surface area contributed by atoms with Crippen LogP contribution in [0.25, 0.3) is 11.1 Å². The lowest BCUT2D eigenvalue weighted by molar-refractivity contribution is -0.137. The molecule has 1 aromatic heterocycles. The Morgan fingerprint density at radius 2 is 1.95 bits per heavy atom. The summed E-state index contributed by atoms with van der Waals surface area (Å²) in [7, 11) is 0. The third kappa shape index (κ3) is 7.12. The summed E-state index contributed by atoms with van der Waals surface area (Å²) in [5.41, 5.74) is 5.08. The number of nitriles is 1. The summed E-state index contributed by atoms with van der Waals surface area (Å²) >= 11 is 6.70. The zero-order valence-corrected chi connectivity index (χ0v) is 23.9. The Balaban J connectivity index is 1.42. The van der Waals surface area contributed by atoms with E-state index in [1.807, 2.05) is 24.3 Å². The van der Waals surface area contributed by atoms with Crippen LogP contribution in [0.5, 0.6) is 11.5 Å². The third-order valence-corrected chi connectivity index (χ3v) is 7.60. The molecule has 0 radical (unpaired) electrons. The lowest BCUT2D eigenvalue weighted by Crippen LogP contribution is -2.34. The van der Waals surface area contributed by atoms with Crippen molar-refractivity contribution < 1.29 is 28.9 Å². The van der Waals surface area contributed by atoms with Gasteiger partial charge in [-0.1, -0.05) is 48.0 Å². The second-order valence-corrected chi connectivity index (χ2v) is 10.6. The lowest BCUT2D eigenvalue weighted by Gasteiger charge is -2.21. The van der Waals surface area contributed by atoms with Crippen LogP contribution >= 0.6 is 11.6 Å². The predicted molar refractivity (Wildman–Crippen MR) is 158 cm³/mol. The molecule has 0 unspecified atom stereocenters. The molecule has 1 heterocycles. The van der Waals surface area contributed by atoms with Crippen LogP contribution < -0.4 is 14.8 Å². The van der Waals surface area contributed by atoms with Crippen molar-refractivity contribution in [3.8, 4) is 28.7 Å². The third-order valence-electron chi connectivity index (χ3n) is 7.30. The zero-order chi connectivity index (χ0) is 30.3. The van der Waals surface area contributed by atoms with Crippen molar-refractivity contribution in [1.29, 1.82) is 5.26 Å². The Kier molecular flexibility index (Phi) is 9.52. The average Bonchev–Trinajstić information content (AvgIpc) is 3.42. The molecule has 43 heavy (non-hydrogen) atoms. The van der Waals surface area contributed by atoms with Crippen LogP contribution in [0.1, 0.15) is 46.8 Å². The van der Waals surface area contributed by atoms with Crippen molar-refractivity contribution in [2.24, 2.45) is 0 Å². The van der Waals surface area contributed by atoms with Gasteiger partial charge in [0.05, 0.1) is 23.6 Å². The van der Waals surface area contributed by atoms with Gasteiger partial charge in [-0.25, -0.2) is 4.39 Å². The summed E-state index contributed by atoms with van der Waals surface area (Å²) in [6.07, 6.45) is 3.87. The van der Waals surface area contributed by atoms with Crippen LogP contribution in [0.4, 0.5) is 4.39 Å². The Morgan fingerprint density at radius 3 is 2.72 bits per heavy atom. The van der Waals surface area contributed by atoms with E-state index in [0.717, 1.165) is 16.7 Å². The quantitative estimate of drug-likeness (QED) is 0.181. The highest BCUT2D eigenvalue weighted by Crippen LogP contribution is 2.43. The van der Waals surface area contributed by atoms with Crippen LogP contribution in [-0.4, -0.2) is 33.8 Å². The predicted octanol–water partition coefficient (Wildman–Crippen LogP) is 5.98. The fourth-order valence-electron chi connectivity index (χ4n) is 5.22. The molecule has 0 amide bonds. The van der Waals surface area contributed by atoms with E-state index in [9.17, 15) is 19.6 Å². The Bertz CT molecular complexity index is 1680. The second-order valence-electron chi connectivity index (χ2n) is 10.2. The van der Waals surface area contributed by atoms with Gasteiger partial charge >= 0.3 is 5.97 Å². The molecule has 1 aliphatic carbocycles. The topological polar surface area (TPSA) is 125 Å². The average molecular weight is 602 g/mol. The van der Waals surface area contributed by atoms with Gasteiger partial charge < -0.3 is 25.0 Å². The molecule has 0 saturated heterocycles. The number of aliphatic hydroxyl groups excluding tert-OH is 1. The van der Waals surface area contributed by atoms with Gasteiger partial charge in [-0.3, -0.25) is 9.78 Å². The first-order valence-electron chi connectivity index (χ1n) is 13.7. The highest BCUT2D eigenvalue weighted by Gasteiger charge is 2.28. The molecule has 0 aliphatic heterocycles. The number of benzene rings is 3. The molecule has 3 aromatic carbocycles. The summed E-state index contributed by atoms with van der Waals surface area (Å²) in [5.74, 6) is -0.497. The maximum absolute atomic E-state index is 14.6. The molecule has 0 fully saturated rings. The van der Waals surface area contributed by atoms with E-state index in [-0.39, 0.29) is 38.1 Å². The van der Waals surface area contributed by atoms with E-state index >= 15 is 0 Å². The highest BCUT2D eigenvalue weighted by atomic mass is 35.5. The molecule has 0 saturated carbocycles. The van der Waals surface area contributed by atoms with Crippen molar-refractivity contribution in [3.05, 3.63) is 112 Å². The fraction of sp³-hybridized carbons (Fsp3) is 0.242. The maximum atomic E-state index is 14.6. The van der Waals surface area contributed by atoms with E-state index in [0.29, 0.717) is 51.6 Å². The molecule has 0 spiro atoms. The van der Waals surface area contributed by atoms with E-state index in [2.05, 4.69) is 16.4 Å². The molecule has 1 aliphatic rings. The zero-order valence-electron chi connectivity index (χ0n) is 23.1. The second kappa shape index (κ2) is 13.7. The Hall–Kier alpha value is -4.49. The number of rotatable bonds is 12. The summed E-state index contributed by atoms with van der Waals surface area (Å²) in [6, 6.07) is 18.9. The minimum atomic E-state index is -1.04. The molecule has 0 bridgehead atoms. The number of hydrogen-bond acceptors (Lipinski definition) is 7. The normalized spacial score (nSPS) is 14.5. The number of halogens is 2. The van der Waals surface area contributed by atoms with Crippen LogP contribution in [0.15, 0.2) is 73.1 Å². The van der Waals surface area contributed by atoms with E-state index < -0.39 is 12.0 Å². The number of hydrogen-bond donors (Lipinski definition) is 3. The van der Waals surface area contributed by atoms with Crippen LogP contribution in [-0.2, 0) is 24.4 Å². The minimum absolute atomic E-state index is 0.105. The SMILES string of the molecule is N#Cc1cncc(COc2cc(O[C@@H]3CCc4c(-c5ccccc5F)cccc43)c(Cl)cc2CN[C@H](CO)CC(=O)O)c1. The van der Waals surface area contributed by atoms with E-state index in [4.69, 9.17) is 26.2 Å². The van der Waals surface area contributed by atoms with Crippen LogP contribution in [0.2, 0.25) is 5.02 Å². The lowest BCUT2D eigenvalue weighted by atomic mass is 9.96. The van der Waals surface area contributed by atoms with Crippen molar-refractivity contribution in [2.75, 3.05) is 6.61 Å². The number of ether oxygens (including phenoxy) is 2. The maximum Gasteiger partial charge on any atom is 0.305 e. The number of aliphatic hydroxyl groups is 1. The van der Waals surface area contributed by atoms with Crippen molar-refractivity contribution in [2.45, 2.75) is 44.6 Å². The van der Waals surface area contributed by atoms with E-state index in [1.165, 1.54) is 12.3 Å². The van der Waals surface area contributed by atoms with Crippen LogP contribution in [0, 0.1) is 17.1 Å². The number of carboxylic acid groups (broad SMARTS) is 1. The number of fused-ring (bicyclic) bond motifs is 1. The number of carboxylic acids is 1. The molecule has 8 nitrogen and oxygen atoms in total. The number of carbonyl (C=O) groups is 1. The molecule has 5 rings (SSSR count). The molecular formula is C33H29ClFN3O5. The van der Waals surface area contributed by atoms with Gasteiger partial charge in [-0.2, -0.15) is 5.26 Å². The van der Waals surface area contributed by atoms with Gasteiger partial charge in [0.15, 0.2) is 0 Å². The van der Waals surface area contributed by atoms with Gasteiger partial charge in [0, 0.05) is 47.7 Å². The first-order chi connectivity index (χ1) is 20.9. The van der Waals surface area contributed by atoms with Crippen molar-refractivity contribution in [1.82, 2.24) is 10.3 Å². The monoisotopic (exact) mass is 601 g/mol. The van der Waals surface area contributed by atoms with Crippen LogP contribution in [0.3, 0.4) is 0 Å². The number of nitrogens with zero attached hydrogens (tertiary/aromatic N) is 2. The minimum Gasteiger partial charge on any atom is -0.488 e. The van der Waals surface area contributed by atoms with Crippen molar-refractivity contribution >= 4 is 17.6 Å². The standard InChI is InChI=1S/C33H29ClFN3O5/c34-28-11-22(17-38-23(18-39)12-33(40)41)31(42-19-21-10-20(14-36)15-37-16-21)13-32(28)43-30-9-8-25-24(5-3-6-27(25)30)26-4-1-2-7-29(26)35/h1-7,10-11,13,15-16,23,30,38-39H,8-9,12,17-19H2,(H,40,41)/t23-,30+/m0/s1. The number of aromatic nitrogens is 1. The largest absolute Gasteiger partial charge is 0.488 e. The molecule has 3 N–H and O–H groups in total. The smallest absolute Gasteiger partial charge is 0.305 e. The van der Waals surface area contributed by atoms with Gasteiger partial charge in [0.1, 0.15) is 36.1 Å². The Morgan fingerprint density at radius 1 is 1.14 bits per heavy atom. The first kappa shape index (κ1) is 30.0. The molecule has 10 heteroatoms. The Labute approximate surface area is 253 Å². The molecule has 2 atom stereocenters. The fourth-order valence-corrected chi connectivity index (χ4v) is 5.45. The summed E-state index contributed by atoms with van der Waals surface area (Å²) < 4.78 is 27.2. The number of pyridine rings is 1. The molecule has 4 aromatic rings. The van der Waals surface area contributed by atoms with Crippen molar-refractivity contribution in [3.63, 3.8) is 0 Å². The van der Waals surface area contributed by atoms with Gasteiger partial charge in [0.25, 0.3) is 0 Å². The van der Waals surface area contributed by atoms with Gasteiger partial charge in [-0.05, 0) is 47.7 Å². The summed E-state index contributed by atoms with van der Waals surface area (Å²) in [5, 5.41) is 31.3. The van der Waals surface area contributed by atoms with Gasteiger partial charge in [-0.15, -0.1) is 0 Å². The highest BCUT2D eigenvalue weighted by molar-refractivity contribution is 6.32. The summed E-state index contributed by atoms with van der Waals surface area (Å²) in [4.78, 5) is 15.2. The first-order valence-corrected chi connectivity index (χ1v) is 14.1. The molecule has 220 valence electrons. The molecular weight excluding hydrogens is 573 g/mol.